The maximum Gasteiger partial charge on any atom is 0.148 e. The molecule has 2 rings (SSSR count). The van der Waals surface area contributed by atoms with Crippen LogP contribution in [0.15, 0.2) is 24.3 Å². The molecule has 0 bridgehead atoms. The predicted octanol–water partition coefficient (Wildman–Crippen LogP) is 2.32. The van der Waals surface area contributed by atoms with Crippen LogP contribution >= 0.6 is 22.6 Å². The van der Waals surface area contributed by atoms with Gasteiger partial charge in [0.2, 0.25) is 0 Å². The van der Waals surface area contributed by atoms with Crippen molar-refractivity contribution in [2.45, 2.75) is 6.92 Å². The standard InChI is InChI=1S/C9H7FIN3/c1-6-9(11)12-13-14(6)8-5-3-2-4-7(8)10/h2-5H,1H3. The Morgan fingerprint density at radius 2 is 2.07 bits per heavy atom. The molecular formula is C9H7FIN3. The Labute approximate surface area is 94.1 Å². The topological polar surface area (TPSA) is 30.7 Å². The van der Waals surface area contributed by atoms with Crippen LogP contribution in [0.3, 0.4) is 0 Å². The van der Waals surface area contributed by atoms with E-state index < -0.39 is 0 Å². The molecule has 1 aromatic carbocycles. The number of para-hydroxylation sites is 1. The van der Waals surface area contributed by atoms with E-state index in [-0.39, 0.29) is 5.82 Å². The second kappa shape index (κ2) is 3.64. The number of rotatable bonds is 1. The molecular weight excluding hydrogens is 296 g/mol. The van der Waals surface area contributed by atoms with E-state index in [1.165, 1.54) is 10.7 Å². The van der Waals surface area contributed by atoms with Crippen molar-refractivity contribution in [3.8, 4) is 5.69 Å². The molecule has 0 amide bonds. The van der Waals surface area contributed by atoms with Gasteiger partial charge in [0.15, 0.2) is 0 Å². The Balaban J connectivity index is 2.60. The van der Waals surface area contributed by atoms with E-state index in [4.69, 9.17) is 0 Å². The highest BCUT2D eigenvalue weighted by Crippen LogP contribution is 2.15. The van der Waals surface area contributed by atoms with Crippen LogP contribution in [-0.2, 0) is 0 Å². The van der Waals surface area contributed by atoms with E-state index in [0.29, 0.717) is 5.69 Å². The van der Waals surface area contributed by atoms with Crippen LogP contribution in [0.1, 0.15) is 5.69 Å². The van der Waals surface area contributed by atoms with E-state index in [2.05, 4.69) is 32.9 Å². The van der Waals surface area contributed by atoms with Crippen molar-refractivity contribution in [1.82, 2.24) is 15.0 Å². The lowest BCUT2D eigenvalue weighted by molar-refractivity contribution is 0.604. The van der Waals surface area contributed by atoms with Gasteiger partial charge in [-0.3, -0.25) is 0 Å². The van der Waals surface area contributed by atoms with Crippen LogP contribution < -0.4 is 0 Å². The third-order valence-electron chi connectivity index (χ3n) is 1.92. The van der Waals surface area contributed by atoms with Gasteiger partial charge in [-0.15, -0.1) is 5.10 Å². The summed E-state index contributed by atoms with van der Waals surface area (Å²) in [4.78, 5) is 0. The zero-order valence-electron chi connectivity index (χ0n) is 7.41. The molecule has 0 N–H and O–H groups in total. The number of benzene rings is 1. The molecule has 0 aliphatic rings. The first-order chi connectivity index (χ1) is 6.70. The Morgan fingerprint density at radius 3 is 2.64 bits per heavy atom. The monoisotopic (exact) mass is 303 g/mol. The Morgan fingerprint density at radius 1 is 1.36 bits per heavy atom. The van der Waals surface area contributed by atoms with Crippen LogP contribution in [-0.4, -0.2) is 15.0 Å². The van der Waals surface area contributed by atoms with Gasteiger partial charge in [-0.1, -0.05) is 17.3 Å². The van der Waals surface area contributed by atoms with Crippen molar-refractivity contribution >= 4 is 22.6 Å². The van der Waals surface area contributed by atoms with Gasteiger partial charge in [-0.2, -0.15) is 0 Å². The molecule has 0 atom stereocenters. The second-order valence-electron chi connectivity index (χ2n) is 2.83. The average molecular weight is 303 g/mol. The Kier molecular flexibility index (Phi) is 2.49. The van der Waals surface area contributed by atoms with Crippen LogP contribution in [0.5, 0.6) is 0 Å². The number of hydrogen-bond acceptors (Lipinski definition) is 2. The first kappa shape index (κ1) is 9.57. The van der Waals surface area contributed by atoms with E-state index in [1.807, 2.05) is 6.92 Å². The summed E-state index contributed by atoms with van der Waals surface area (Å²) in [6, 6.07) is 6.50. The molecule has 3 nitrogen and oxygen atoms in total. The zero-order valence-corrected chi connectivity index (χ0v) is 9.56. The van der Waals surface area contributed by atoms with Gasteiger partial charge in [0.1, 0.15) is 15.2 Å². The maximum atomic E-state index is 13.4. The van der Waals surface area contributed by atoms with Gasteiger partial charge in [-0.05, 0) is 41.6 Å². The SMILES string of the molecule is Cc1c(I)nnn1-c1ccccc1F. The molecule has 0 aliphatic heterocycles. The summed E-state index contributed by atoms with van der Waals surface area (Å²) in [5.74, 6) is -0.295. The smallest absolute Gasteiger partial charge is 0.148 e. The highest BCUT2D eigenvalue weighted by molar-refractivity contribution is 14.1. The van der Waals surface area contributed by atoms with Crippen molar-refractivity contribution in [2.24, 2.45) is 0 Å². The third-order valence-corrected chi connectivity index (χ3v) is 2.92. The molecule has 0 spiro atoms. The molecule has 2 aromatic rings. The largest absolute Gasteiger partial charge is 0.214 e. The summed E-state index contributed by atoms with van der Waals surface area (Å²) in [5.41, 5.74) is 1.27. The molecule has 72 valence electrons. The number of nitrogens with zero attached hydrogens (tertiary/aromatic N) is 3. The highest BCUT2D eigenvalue weighted by atomic mass is 127. The van der Waals surface area contributed by atoms with Crippen molar-refractivity contribution in [3.63, 3.8) is 0 Å². The molecule has 0 saturated carbocycles. The van der Waals surface area contributed by atoms with Crippen molar-refractivity contribution < 1.29 is 4.39 Å². The molecule has 14 heavy (non-hydrogen) atoms. The maximum absolute atomic E-state index is 13.4. The lowest BCUT2D eigenvalue weighted by Gasteiger charge is -2.03. The predicted molar refractivity (Wildman–Crippen MR) is 58.8 cm³/mol. The minimum absolute atomic E-state index is 0.295. The first-order valence-corrected chi connectivity index (χ1v) is 5.10. The van der Waals surface area contributed by atoms with E-state index in [0.717, 1.165) is 9.39 Å². The van der Waals surface area contributed by atoms with Crippen LogP contribution in [0.25, 0.3) is 5.69 Å². The van der Waals surface area contributed by atoms with Crippen LogP contribution in [0.4, 0.5) is 4.39 Å². The fourth-order valence-corrected chi connectivity index (χ4v) is 1.49. The molecule has 5 heteroatoms. The summed E-state index contributed by atoms with van der Waals surface area (Å²) < 4.78 is 15.7. The molecule has 0 unspecified atom stereocenters. The highest BCUT2D eigenvalue weighted by Gasteiger charge is 2.10. The first-order valence-electron chi connectivity index (χ1n) is 4.03. The molecule has 0 fully saturated rings. The lowest BCUT2D eigenvalue weighted by atomic mass is 10.3. The fraction of sp³-hybridized carbons (Fsp3) is 0.111. The normalized spacial score (nSPS) is 10.5. The molecule has 0 saturated heterocycles. The van der Waals surface area contributed by atoms with Crippen molar-refractivity contribution in [2.75, 3.05) is 0 Å². The van der Waals surface area contributed by atoms with Crippen molar-refractivity contribution in [3.05, 3.63) is 39.5 Å². The van der Waals surface area contributed by atoms with Gasteiger partial charge < -0.3 is 0 Å². The summed E-state index contributed by atoms with van der Waals surface area (Å²) in [5, 5.41) is 7.73. The van der Waals surface area contributed by atoms with Gasteiger partial charge in [0.25, 0.3) is 0 Å². The summed E-state index contributed by atoms with van der Waals surface area (Å²) in [7, 11) is 0. The fourth-order valence-electron chi connectivity index (χ4n) is 1.16. The van der Waals surface area contributed by atoms with E-state index in [1.54, 1.807) is 18.2 Å². The second-order valence-corrected chi connectivity index (χ2v) is 3.85. The van der Waals surface area contributed by atoms with Crippen LogP contribution in [0, 0.1) is 16.4 Å². The van der Waals surface area contributed by atoms with Crippen molar-refractivity contribution in [1.29, 1.82) is 0 Å². The molecule has 0 radical (unpaired) electrons. The minimum Gasteiger partial charge on any atom is -0.214 e. The Hall–Kier alpha value is -0.980. The summed E-state index contributed by atoms with van der Waals surface area (Å²) >= 11 is 2.07. The van der Waals surface area contributed by atoms with Gasteiger partial charge in [0.05, 0.1) is 5.69 Å². The van der Waals surface area contributed by atoms with Gasteiger partial charge >= 0.3 is 0 Å². The summed E-state index contributed by atoms with van der Waals surface area (Å²) in [6.07, 6.45) is 0. The third kappa shape index (κ3) is 1.52. The molecule has 1 heterocycles. The number of aromatic nitrogens is 3. The average Bonchev–Trinajstić information content (AvgIpc) is 2.49. The molecule has 1 aromatic heterocycles. The number of hydrogen-bond donors (Lipinski definition) is 0. The van der Waals surface area contributed by atoms with Crippen LogP contribution in [0.2, 0.25) is 0 Å². The Bertz CT molecular complexity index is 467. The van der Waals surface area contributed by atoms with Gasteiger partial charge in [0, 0.05) is 0 Å². The molecule has 0 aliphatic carbocycles. The quantitative estimate of drug-likeness (QED) is 0.757. The summed E-state index contributed by atoms with van der Waals surface area (Å²) in [6.45, 7) is 1.86. The van der Waals surface area contributed by atoms with Gasteiger partial charge in [-0.25, -0.2) is 9.07 Å². The van der Waals surface area contributed by atoms with E-state index in [9.17, 15) is 4.39 Å². The zero-order chi connectivity index (χ0) is 10.1. The van der Waals surface area contributed by atoms with E-state index >= 15 is 0 Å². The number of halogens is 2. The minimum atomic E-state index is -0.295. The lowest BCUT2D eigenvalue weighted by Crippen LogP contribution is -2.01.